The van der Waals surface area contributed by atoms with E-state index >= 15 is 0 Å². The molecule has 0 amide bonds. The number of hydrogen-bond acceptors (Lipinski definition) is 2. The van der Waals surface area contributed by atoms with E-state index in [2.05, 4.69) is 0 Å². The highest BCUT2D eigenvalue weighted by molar-refractivity contribution is 7.90. The first-order valence-electron chi connectivity index (χ1n) is 11.8. The minimum absolute atomic E-state index is 0.0822. The molecule has 0 saturated heterocycles. The Bertz CT molecular complexity index is 1430. The predicted octanol–water partition coefficient (Wildman–Crippen LogP) is 7.37. The zero-order valence-corrected chi connectivity index (χ0v) is 21.6. The first kappa shape index (κ1) is 27.5. The van der Waals surface area contributed by atoms with E-state index in [1.165, 1.54) is 43.5 Å². The van der Waals surface area contributed by atoms with Gasteiger partial charge in [0.1, 0.15) is 6.04 Å². The maximum absolute atomic E-state index is 14.3. The van der Waals surface area contributed by atoms with E-state index in [1.54, 1.807) is 4.57 Å². The molecule has 1 aliphatic carbocycles. The van der Waals surface area contributed by atoms with Crippen LogP contribution in [0.3, 0.4) is 0 Å². The third kappa shape index (κ3) is 5.82. The van der Waals surface area contributed by atoms with Gasteiger partial charge in [-0.2, -0.15) is 31.1 Å². The summed E-state index contributed by atoms with van der Waals surface area (Å²) in [7, 11) is -4.20. The molecular formula is C26H28F6N2O2S. The van der Waals surface area contributed by atoms with Crippen LogP contribution < -0.4 is 4.72 Å². The van der Waals surface area contributed by atoms with Crippen LogP contribution in [0.25, 0.3) is 22.0 Å². The minimum Gasteiger partial charge on any atom is -0.347 e. The third-order valence-electron chi connectivity index (χ3n) is 6.31. The first-order valence-corrected chi connectivity index (χ1v) is 13.3. The van der Waals surface area contributed by atoms with Crippen LogP contribution in [-0.4, -0.2) is 24.4 Å². The molecule has 0 unspecified atom stereocenters. The van der Waals surface area contributed by atoms with Crippen molar-refractivity contribution in [2.75, 3.05) is 0 Å². The predicted molar refractivity (Wildman–Crippen MR) is 130 cm³/mol. The number of alkyl halides is 6. The Morgan fingerprint density at radius 3 is 2.16 bits per heavy atom. The lowest BCUT2D eigenvalue weighted by Crippen LogP contribution is -2.39. The third-order valence-corrected chi connectivity index (χ3v) is 8.22. The van der Waals surface area contributed by atoms with Gasteiger partial charge in [0.05, 0.1) is 10.8 Å². The number of benzene rings is 2. The molecule has 3 aromatic rings. The van der Waals surface area contributed by atoms with Crippen LogP contribution in [0.5, 0.6) is 0 Å². The molecule has 1 heterocycles. The SMILES string of the molecule is Cc1cc2c([C@H](NS(=O)(=O)C3CC3)C(F)(F)F)cn(CC(C)(C)C)c2cc1-c1ccccc1C(F)(F)F. The van der Waals surface area contributed by atoms with Crippen molar-refractivity contribution < 1.29 is 34.8 Å². The monoisotopic (exact) mass is 546 g/mol. The summed E-state index contributed by atoms with van der Waals surface area (Å²) in [5, 5.41) is -0.719. The first-order chi connectivity index (χ1) is 16.9. The van der Waals surface area contributed by atoms with Gasteiger partial charge < -0.3 is 4.57 Å². The van der Waals surface area contributed by atoms with Gasteiger partial charge in [-0.15, -0.1) is 0 Å². The number of aromatic nitrogens is 1. The molecule has 0 aliphatic heterocycles. The Hall–Kier alpha value is -2.53. The van der Waals surface area contributed by atoms with E-state index < -0.39 is 39.2 Å². The average Bonchev–Trinajstić information content (AvgIpc) is 3.55. The van der Waals surface area contributed by atoms with Crippen LogP contribution in [0.4, 0.5) is 26.3 Å². The van der Waals surface area contributed by atoms with Crippen molar-refractivity contribution in [1.29, 1.82) is 0 Å². The minimum atomic E-state index is -4.93. The summed E-state index contributed by atoms with van der Waals surface area (Å²) in [6.45, 7) is 7.42. The quantitative estimate of drug-likeness (QED) is 0.328. The van der Waals surface area contributed by atoms with E-state index in [4.69, 9.17) is 0 Å². The van der Waals surface area contributed by atoms with Crippen LogP contribution in [0.15, 0.2) is 42.6 Å². The maximum atomic E-state index is 14.3. The molecule has 1 N–H and O–H groups in total. The highest BCUT2D eigenvalue weighted by Gasteiger charge is 2.48. The van der Waals surface area contributed by atoms with Gasteiger partial charge in [0.15, 0.2) is 0 Å². The molecule has 1 aromatic heterocycles. The summed E-state index contributed by atoms with van der Waals surface area (Å²) < 4.78 is 112. The van der Waals surface area contributed by atoms with E-state index in [0.29, 0.717) is 23.9 Å². The van der Waals surface area contributed by atoms with Gasteiger partial charge in [-0.3, -0.25) is 0 Å². The smallest absolute Gasteiger partial charge is 0.347 e. The molecular weight excluding hydrogens is 518 g/mol. The summed E-state index contributed by atoms with van der Waals surface area (Å²) in [5.41, 5.74) is -0.734. The number of rotatable bonds is 6. The summed E-state index contributed by atoms with van der Waals surface area (Å²) in [4.78, 5) is 0. The molecule has 1 fully saturated rings. The lowest BCUT2D eigenvalue weighted by molar-refractivity contribution is -0.152. The van der Waals surface area contributed by atoms with E-state index in [9.17, 15) is 34.8 Å². The molecule has 0 radical (unpaired) electrons. The van der Waals surface area contributed by atoms with E-state index in [-0.39, 0.29) is 34.0 Å². The Labute approximate surface area is 211 Å². The number of aryl methyl sites for hydroxylation is 1. The number of nitrogens with one attached hydrogen (secondary N) is 1. The number of halogens is 6. The van der Waals surface area contributed by atoms with Crippen LogP contribution in [0, 0.1) is 12.3 Å². The molecule has 2 aromatic carbocycles. The highest BCUT2D eigenvalue weighted by Crippen LogP contribution is 2.43. The van der Waals surface area contributed by atoms with Gasteiger partial charge in [0, 0.05) is 29.2 Å². The summed E-state index contributed by atoms with van der Waals surface area (Å²) >= 11 is 0. The lowest BCUT2D eigenvalue weighted by atomic mass is 9.93. The average molecular weight is 547 g/mol. The topological polar surface area (TPSA) is 51.1 Å². The zero-order chi connectivity index (χ0) is 27.6. The Morgan fingerprint density at radius 2 is 1.62 bits per heavy atom. The summed E-state index contributed by atoms with van der Waals surface area (Å²) in [6, 6.07) is 5.43. The van der Waals surface area contributed by atoms with E-state index in [0.717, 1.165) is 6.07 Å². The van der Waals surface area contributed by atoms with Crippen LogP contribution in [-0.2, 0) is 22.7 Å². The fourth-order valence-corrected chi connectivity index (χ4v) is 6.08. The van der Waals surface area contributed by atoms with Gasteiger partial charge in [0.25, 0.3) is 0 Å². The Morgan fingerprint density at radius 1 is 1.00 bits per heavy atom. The van der Waals surface area contributed by atoms with Gasteiger partial charge in [-0.05, 0) is 60.1 Å². The fourth-order valence-electron chi connectivity index (χ4n) is 4.55. The molecule has 4 rings (SSSR count). The maximum Gasteiger partial charge on any atom is 0.417 e. The Balaban J connectivity index is 1.97. The second kappa shape index (κ2) is 9.04. The van der Waals surface area contributed by atoms with Crippen LogP contribution in [0.1, 0.15) is 56.3 Å². The normalized spacial score (nSPS) is 16.4. The second-order valence-electron chi connectivity index (χ2n) is 10.8. The number of fused-ring (bicyclic) bond motifs is 1. The lowest BCUT2D eigenvalue weighted by Gasteiger charge is -2.22. The van der Waals surface area contributed by atoms with Gasteiger partial charge in [-0.25, -0.2) is 8.42 Å². The molecule has 37 heavy (non-hydrogen) atoms. The molecule has 1 atom stereocenters. The molecule has 202 valence electrons. The fraction of sp³-hybridized carbons (Fsp3) is 0.462. The highest BCUT2D eigenvalue weighted by atomic mass is 32.2. The van der Waals surface area contributed by atoms with Crippen molar-refractivity contribution >= 4 is 20.9 Å². The van der Waals surface area contributed by atoms with Crippen molar-refractivity contribution in [2.24, 2.45) is 5.41 Å². The van der Waals surface area contributed by atoms with Crippen molar-refractivity contribution in [2.45, 2.75) is 70.7 Å². The number of hydrogen-bond donors (Lipinski definition) is 1. The van der Waals surface area contributed by atoms with Crippen molar-refractivity contribution in [3.63, 3.8) is 0 Å². The standard InChI is InChI=1S/C26H28F6N2O2S/c1-15-11-19-20(23(26(30,31)32)33-37(35,36)16-9-10-16)13-34(14-24(2,3)4)22(19)12-18(15)17-7-5-6-8-21(17)25(27,28)29/h5-8,11-13,16,23,33H,9-10,14H2,1-4H3/t23-/m0/s1. The molecule has 4 nitrogen and oxygen atoms in total. The molecule has 0 spiro atoms. The number of sulfonamides is 1. The van der Waals surface area contributed by atoms with Gasteiger partial charge in [-0.1, -0.05) is 39.0 Å². The second-order valence-corrected chi connectivity index (χ2v) is 12.8. The molecule has 1 aliphatic rings. The zero-order valence-electron chi connectivity index (χ0n) is 20.8. The molecule has 1 saturated carbocycles. The van der Waals surface area contributed by atoms with Crippen molar-refractivity contribution in [1.82, 2.24) is 9.29 Å². The van der Waals surface area contributed by atoms with Crippen molar-refractivity contribution in [3.8, 4) is 11.1 Å². The van der Waals surface area contributed by atoms with Crippen molar-refractivity contribution in [3.05, 3.63) is 59.3 Å². The van der Waals surface area contributed by atoms with E-state index in [1.807, 2.05) is 25.5 Å². The number of nitrogens with zero attached hydrogens (tertiary/aromatic N) is 1. The Kier molecular flexibility index (Phi) is 6.72. The van der Waals surface area contributed by atoms with Gasteiger partial charge >= 0.3 is 12.4 Å². The molecule has 0 bridgehead atoms. The molecule has 11 heteroatoms. The summed E-state index contributed by atoms with van der Waals surface area (Å²) in [6.07, 6.45) is -7.70. The van der Waals surface area contributed by atoms with Gasteiger partial charge in [0.2, 0.25) is 10.0 Å². The van der Waals surface area contributed by atoms with Crippen LogP contribution >= 0.6 is 0 Å². The van der Waals surface area contributed by atoms with Crippen LogP contribution in [0.2, 0.25) is 0 Å². The largest absolute Gasteiger partial charge is 0.417 e. The summed E-state index contributed by atoms with van der Waals surface area (Å²) in [5.74, 6) is 0.